The van der Waals surface area contributed by atoms with Gasteiger partial charge >= 0.3 is 0 Å². The molecule has 1 atom stereocenters. The van der Waals surface area contributed by atoms with Gasteiger partial charge in [0.25, 0.3) is 10.1 Å². The van der Waals surface area contributed by atoms with Gasteiger partial charge in [0.15, 0.2) is 0 Å². The summed E-state index contributed by atoms with van der Waals surface area (Å²) in [5, 5.41) is 13.6. The van der Waals surface area contributed by atoms with Crippen molar-refractivity contribution in [2.75, 3.05) is 19.8 Å². The normalized spacial score (nSPS) is 12.7. The highest BCUT2D eigenvalue weighted by molar-refractivity contribution is 7.85. The molecular weight excluding hydrogens is 548 g/mol. The zero-order valence-corrected chi connectivity index (χ0v) is 26.4. The molecule has 0 bridgehead atoms. The molecule has 234 valence electrons. The highest BCUT2D eigenvalue weighted by Gasteiger charge is 2.16. The van der Waals surface area contributed by atoms with E-state index in [1.165, 1.54) is 102 Å². The topological polar surface area (TPSA) is 93.1 Å². The Bertz CT molecular complexity index is 1290. The second kappa shape index (κ2) is 19.2. The van der Waals surface area contributed by atoms with E-state index in [-0.39, 0.29) is 18.1 Å². The molecular formula is C35H52O6S. The summed E-state index contributed by atoms with van der Waals surface area (Å²) in [5.41, 5.74) is 0. The van der Waals surface area contributed by atoms with Crippen LogP contribution in [0.15, 0.2) is 53.4 Å². The molecule has 0 saturated carbocycles. The first-order valence-electron chi connectivity index (χ1n) is 16.2. The van der Waals surface area contributed by atoms with Crippen molar-refractivity contribution in [1.82, 2.24) is 0 Å². The van der Waals surface area contributed by atoms with E-state index in [1.807, 2.05) is 30.3 Å². The second-order valence-corrected chi connectivity index (χ2v) is 13.0. The third kappa shape index (κ3) is 12.2. The third-order valence-corrected chi connectivity index (χ3v) is 8.81. The third-order valence-electron chi connectivity index (χ3n) is 7.96. The van der Waals surface area contributed by atoms with Crippen LogP contribution in [0.5, 0.6) is 5.75 Å². The molecule has 0 aliphatic heterocycles. The molecule has 0 spiro atoms. The molecule has 0 saturated heterocycles. The lowest BCUT2D eigenvalue weighted by Crippen LogP contribution is -2.23. The van der Waals surface area contributed by atoms with Crippen LogP contribution in [0, 0.1) is 0 Å². The first kappa shape index (κ1) is 34.3. The minimum Gasteiger partial charge on any atom is -0.489 e. The fourth-order valence-electron chi connectivity index (χ4n) is 5.52. The van der Waals surface area contributed by atoms with Gasteiger partial charge in [-0.05, 0) is 35.4 Å². The molecule has 42 heavy (non-hydrogen) atoms. The van der Waals surface area contributed by atoms with Gasteiger partial charge in [0.1, 0.15) is 18.5 Å². The molecule has 1 unspecified atom stereocenters. The van der Waals surface area contributed by atoms with Crippen LogP contribution in [0.1, 0.15) is 110 Å². The summed E-state index contributed by atoms with van der Waals surface area (Å²) >= 11 is 0. The van der Waals surface area contributed by atoms with Crippen molar-refractivity contribution in [3.8, 4) is 5.75 Å². The van der Waals surface area contributed by atoms with Crippen molar-refractivity contribution in [3.05, 3.63) is 48.5 Å². The Morgan fingerprint density at radius 3 is 1.81 bits per heavy atom. The number of ether oxygens (including phenoxy) is 2. The Hall–Kier alpha value is -2.19. The van der Waals surface area contributed by atoms with Gasteiger partial charge in [-0.2, -0.15) is 8.42 Å². The summed E-state index contributed by atoms with van der Waals surface area (Å²) in [4.78, 5) is -0.196. The standard InChI is InChI=1S/C35H52O6S/c1-2-3-4-5-6-7-8-9-10-11-12-13-14-15-16-19-24-40-27-31(36)28-41-35-33-21-18-17-20-29(33)25-30-22-23-32(26-34(30)35)42(37,38)39/h17-18,20-23,25-26,31,36H,2-16,19,24,27-28H2,1H3,(H,37,38,39). The molecule has 2 N–H and O–H groups in total. The summed E-state index contributed by atoms with van der Waals surface area (Å²) in [5.74, 6) is 0.477. The van der Waals surface area contributed by atoms with Gasteiger partial charge in [0.2, 0.25) is 0 Å². The quantitative estimate of drug-likeness (QED) is 0.0640. The Morgan fingerprint density at radius 1 is 0.667 bits per heavy atom. The maximum Gasteiger partial charge on any atom is 0.294 e. The van der Waals surface area contributed by atoms with Crippen LogP contribution in [0.4, 0.5) is 0 Å². The van der Waals surface area contributed by atoms with Crippen LogP contribution >= 0.6 is 0 Å². The van der Waals surface area contributed by atoms with Gasteiger partial charge < -0.3 is 14.6 Å². The molecule has 0 amide bonds. The molecule has 0 aromatic heterocycles. The van der Waals surface area contributed by atoms with Crippen LogP contribution in [0.3, 0.4) is 0 Å². The van der Waals surface area contributed by atoms with E-state index in [4.69, 9.17) is 9.47 Å². The van der Waals surface area contributed by atoms with Crippen LogP contribution in [-0.2, 0) is 14.9 Å². The van der Waals surface area contributed by atoms with E-state index in [9.17, 15) is 18.1 Å². The number of benzene rings is 3. The summed E-state index contributed by atoms with van der Waals surface area (Å²) in [6.07, 6.45) is 20.4. The smallest absolute Gasteiger partial charge is 0.294 e. The van der Waals surface area contributed by atoms with Crippen molar-refractivity contribution in [1.29, 1.82) is 0 Å². The number of unbranched alkanes of at least 4 members (excludes halogenated alkanes) is 15. The number of aliphatic hydroxyl groups excluding tert-OH is 1. The Morgan fingerprint density at radius 2 is 1.21 bits per heavy atom. The first-order valence-corrected chi connectivity index (χ1v) is 17.7. The lowest BCUT2D eigenvalue weighted by atomic mass is 10.0. The summed E-state index contributed by atoms with van der Waals surface area (Å²) in [6.45, 7) is 3.08. The van der Waals surface area contributed by atoms with Crippen LogP contribution < -0.4 is 4.74 Å². The largest absolute Gasteiger partial charge is 0.489 e. The van der Waals surface area contributed by atoms with Crippen LogP contribution in [0.25, 0.3) is 21.5 Å². The lowest BCUT2D eigenvalue weighted by Gasteiger charge is -2.17. The van der Waals surface area contributed by atoms with E-state index in [0.717, 1.165) is 29.0 Å². The number of hydrogen-bond donors (Lipinski definition) is 2. The molecule has 6 nitrogen and oxygen atoms in total. The van der Waals surface area contributed by atoms with Crippen molar-refractivity contribution in [2.24, 2.45) is 0 Å². The van der Waals surface area contributed by atoms with Gasteiger partial charge in [-0.15, -0.1) is 0 Å². The average Bonchev–Trinajstić information content (AvgIpc) is 2.98. The van der Waals surface area contributed by atoms with E-state index < -0.39 is 16.2 Å². The van der Waals surface area contributed by atoms with Crippen molar-refractivity contribution < 1.29 is 27.6 Å². The van der Waals surface area contributed by atoms with E-state index in [2.05, 4.69) is 6.92 Å². The molecule has 3 aromatic rings. The SMILES string of the molecule is CCCCCCCCCCCCCCCCCCOCC(O)COc1c2ccccc2cc2ccc(S(=O)(=O)O)cc12. The van der Waals surface area contributed by atoms with E-state index >= 15 is 0 Å². The summed E-state index contributed by atoms with van der Waals surface area (Å²) in [6, 6.07) is 14.0. The molecule has 0 aliphatic carbocycles. The van der Waals surface area contributed by atoms with Gasteiger partial charge in [0, 0.05) is 17.4 Å². The number of hydrogen-bond acceptors (Lipinski definition) is 5. The van der Waals surface area contributed by atoms with Crippen LogP contribution in [0.2, 0.25) is 0 Å². The maximum absolute atomic E-state index is 11.7. The number of aliphatic hydroxyl groups is 1. The zero-order chi connectivity index (χ0) is 30.0. The van der Waals surface area contributed by atoms with E-state index in [1.54, 1.807) is 6.07 Å². The van der Waals surface area contributed by atoms with Gasteiger partial charge in [-0.1, -0.05) is 134 Å². The highest BCUT2D eigenvalue weighted by atomic mass is 32.2. The Kier molecular flexibility index (Phi) is 15.6. The predicted molar refractivity (Wildman–Crippen MR) is 173 cm³/mol. The molecule has 0 aliphatic rings. The predicted octanol–water partition coefficient (Wildman–Crippen LogP) is 9.26. The maximum atomic E-state index is 11.7. The number of fused-ring (bicyclic) bond motifs is 2. The highest BCUT2D eigenvalue weighted by Crippen LogP contribution is 2.36. The monoisotopic (exact) mass is 600 g/mol. The number of rotatable bonds is 23. The first-order chi connectivity index (χ1) is 20.4. The Labute approximate surface area is 253 Å². The fraction of sp³-hybridized carbons (Fsp3) is 0.600. The minimum absolute atomic E-state index is 0.0121. The summed E-state index contributed by atoms with van der Waals surface area (Å²) < 4.78 is 44.7. The van der Waals surface area contributed by atoms with Crippen molar-refractivity contribution in [3.63, 3.8) is 0 Å². The van der Waals surface area contributed by atoms with Gasteiger partial charge in [0.05, 0.1) is 11.5 Å². The second-order valence-electron chi connectivity index (χ2n) is 11.6. The van der Waals surface area contributed by atoms with Crippen molar-refractivity contribution in [2.45, 2.75) is 121 Å². The molecule has 0 heterocycles. The van der Waals surface area contributed by atoms with Crippen LogP contribution in [-0.4, -0.2) is 44.0 Å². The summed E-state index contributed by atoms with van der Waals surface area (Å²) in [7, 11) is -4.36. The molecule has 3 rings (SSSR count). The lowest BCUT2D eigenvalue weighted by molar-refractivity contribution is 0.0115. The molecule has 0 radical (unpaired) electrons. The fourth-order valence-corrected chi connectivity index (χ4v) is 6.02. The van der Waals surface area contributed by atoms with Gasteiger partial charge in [-0.3, -0.25) is 4.55 Å². The molecule has 0 fully saturated rings. The van der Waals surface area contributed by atoms with Gasteiger partial charge in [-0.25, -0.2) is 0 Å². The zero-order valence-electron chi connectivity index (χ0n) is 25.6. The van der Waals surface area contributed by atoms with Crippen molar-refractivity contribution >= 4 is 31.7 Å². The van der Waals surface area contributed by atoms with E-state index in [0.29, 0.717) is 17.7 Å². The molecule has 7 heteroatoms. The molecule has 3 aromatic carbocycles. The average molecular weight is 601 g/mol. The minimum atomic E-state index is -4.36. The Balaban J connectivity index is 1.27.